The van der Waals surface area contributed by atoms with Crippen molar-refractivity contribution in [1.29, 1.82) is 0 Å². The van der Waals surface area contributed by atoms with Gasteiger partial charge in [-0.1, -0.05) is 45.9 Å². The number of anilines is 1. The number of benzene rings is 1. The average Bonchev–Trinajstić information content (AvgIpc) is 2.68. The summed E-state index contributed by atoms with van der Waals surface area (Å²) in [5, 5.41) is 2.96. The monoisotopic (exact) mass is 379 g/mol. The van der Waals surface area contributed by atoms with Gasteiger partial charge in [0.15, 0.2) is 0 Å². The number of nitrogens with zero attached hydrogens (tertiary/aromatic N) is 2. The van der Waals surface area contributed by atoms with E-state index in [9.17, 15) is 9.59 Å². The van der Waals surface area contributed by atoms with Gasteiger partial charge in [0.2, 0.25) is 0 Å². The Hall–Kier alpha value is -2.69. The third-order valence-electron chi connectivity index (χ3n) is 5.29. The van der Waals surface area contributed by atoms with Crippen LogP contribution < -0.4 is 5.32 Å². The molecule has 0 atom stereocenters. The standard InChI is InChI=1S/C23H29N3O2/c1-16-10-13-26(14-11-16)22(28)17-9-12-24-20(15-17)21(27)25-19-8-6-5-7-18(19)23(2,3)4/h5-9,12,15-16H,10-11,13-14H2,1-4H3,(H,25,27). The summed E-state index contributed by atoms with van der Waals surface area (Å²) in [6, 6.07) is 11.0. The molecule has 1 aromatic carbocycles. The molecule has 0 bridgehead atoms. The van der Waals surface area contributed by atoms with Crippen LogP contribution in [-0.2, 0) is 5.41 Å². The average molecular weight is 380 g/mol. The smallest absolute Gasteiger partial charge is 0.274 e. The Balaban J connectivity index is 1.77. The quantitative estimate of drug-likeness (QED) is 0.854. The second kappa shape index (κ2) is 8.13. The number of hydrogen-bond donors (Lipinski definition) is 1. The fraction of sp³-hybridized carbons (Fsp3) is 0.435. The number of carbonyl (C=O) groups is 2. The van der Waals surface area contributed by atoms with Gasteiger partial charge >= 0.3 is 0 Å². The number of hydrogen-bond acceptors (Lipinski definition) is 3. The zero-order valence-electron chi connectivity index (χ0n) is 17.2. The van der Waals surface area contributed by atoms with E-state index in [0.29, 0.717) is 11.5 Å². The SMILES string of the molecule is CC1CCN(C(=O)c2ccnc(C(=O)Nc3ccccc3C(C)(C)C)c2)CC1. The number of amides is 2. The highest BCUT2D eigenvalue weighted by atomic mass is 16.2. The van der Waals surface area contributed by atoms with Crippen LogP contribution in [0, 0.1) is 5.92 Å². The molecule has 2 heterocycles. The van der Waals surface area contributed by atoms with Crippen LogP contribution in [0.2, 0.25) is 0 Å². The molecule has 28 heavy (non-hydrogen) atoms. The normalized spacial score (nSPS) is 15.4. The van der Waals surface area contributed by atoms with Gasteiger partial charge in [-0.05, 0) is 47.9 Å². The van der Waals surface area contributed by atoms with Crippen LogP contribution >= 0.6 is 0 Å². The van der Waals surface area contributed by atoms with E-state index in [0.717, 1.165) is 37.2 Å². The lowest BCUT2D eigenvalue weighted by molar-refractivity contribution is 0.0697. The molecule has 5 nitrogen and oxygen atoms in total. The maximum absolute atomic E-state index is 12.8. The number of piperidine rings is 1. The summed E-state index contributed by atoms with van der Waals surface area (Å²) in [5.41, 5.74) is 2.49. The highest BCUT2D eigenvalue weighted by Gasteiger charge is 2.23. The third-order valence-corrected chi connectivity index (χ3v) is 5.29. The Labute approximate surface area is 167 Å². The number of likely N-dealkylation sites (tertiary alicyclic amines) is 1. The van der Waals surface area contributed by atoms with Gasteiger partial charge in [0, 0.05) is 30.5 Å². The van der Waals surface area contributed by atoms with Crippen molar-refractivity contribution in [1.82, 2.24) is 9.88 Å². The van der Waals surface area contributed by atoms with E-state index in [-0.39, 0.29) is 22.9 Å². The molecule has 2 aromatic rings. The fourth-order valence-corrected chi connectivity index (χ4v) is 3.51. The minimum Gasteiger partial charge on any atom is -0.339 e. The van der Waals surface area contributed by atoms with E-state index in [2.05, 4.69) is 38.0 Å². The van der Waals surface area contributed by atoms with Crippen molar-refractivity contribution in [3.8, 4) is 0 Å². The molecule has 2 amide bonds. The number of para-hydroxylation sites is 1. The molecule has 3 rings (SSSR count). The van der Waals surface area contributed by atoms with Crippen molar-refractivity contribution in [3.63, 3.8) is 0 Å². The van der Waals surface area contributed by atoms with Crippen LogP contribution in [0.3, 0.4) is 0 Å². The van der Waals surface area contributed by atoms with E-state index < -0.39 is 0 Å². The first-order chi connectivity index (χ1) is 13.3. The summed E-state index contributed by atoms with van der Waals surface area (Å²) < 4.78 is 0. The molecule has 1 N–H and O–H groups in total. The van der Waals surface area contributed by atoms with Gasteiger partial charge in [-0.3, -0.25) is 14.6 Å². The van der Waals surface area contributed by atoms with Crippen molar-refractivity contribution in [2.75, 3.05) is 18.4 Å². The molecule has 1 aliphatic rings. The van der Waals surface area contributed by atoms with E-state index in [1.807, 2.05) is 29.2 Å². The highest BCUT2D eigenvalue weighted by molar-refractivity contribution is 6.05. The van der Waals surface area contributed by atoms with Gasteiger partial charge < -0.3 is 10.2 Å². The molecule has 1 aromatic heterocycles. The Kier molecular flexibility index (Phi) is 5.82. The van der Waals surface area contributed by atoms with E-state index in [1.165, 1.54) is 6.20 Å². The molecule has 0 saturated carbocycles. The Morgan fingerprint density at radius 3 is 2.46 bits per heavy atom. The van der Waals surface area contributed by atoms with Crippen molar-refractivity contribution < 1.29 is 9.59 Å². The molecule has 1 saturated heterocycles. The molecule has 0 radical (unpaired) electrons. The Morgan fingerprint density at radius 1 is 1.11 bits per heavy atom. The lowest BCUT2D eigenvalue weighted by Crippen LogP contribution is -2.38. The number of rotatable bonds is 3. The van der Waals surface area contributed by atoms with Crippen LogP contribution in [-0.4, -0.2) is 34.8 Å². The molecule has 0 aliphatic carbocycles. The summed E-state index contributed by atoms with van der Waals surface area (Å²) >= 11 is 0. The van der Waals surface area contributed by atoms with Crippen molar-refractivity contribution in [2.45, 2.75) is 46.0 Å². The number of carbonyl (C=O) groups excluding carboxylic acids is 2. The zero-order valence-corrected chi connectivity index (χ0v) is 17.2. The minimum absolute atomic E-state index is 0.0292. The van der Waals surface area contributed by atoms with Gasteiger partial charge in [0.25, 0.3) is 11.8 Å². The predicted octanol–water partition coefficient (Wildman–Crippen LogP) is 4.50. The van der Waals surface area contributed by atoms with E-state index in [1.54, 1.807) is 12.1 Å². The summed E-state index contributed by atoms with van der Waals surface area (Å²) in [6.45, 7) is 10.1. The molecular formula is C23H29N3O2. The van der Waals surface area contributed by atoms with Crippen molar-refractivity contribution in [3.05, 3.63) is 59.4 Å². The summed E-state index contributed by atoms with van der Waals surface area (Å²) in [5.74, 6) is 0.322. The maximum atomic E-state index is 12.8. The summed E-state index contributed by atoms with van der Waals surface area (Å²) in [6.07, 6.45) is 3.58. The predicted molar refractivity (Wildman–Crippen MR) is 112 cm³/mol. The summed E-state index contributed by atoms with van der Waals surface area (Å²) in [4.78, 5) is 31.6. The van der Waals surface area contributed by atoms with Crippen LogP contribution in [0.1, 0.15) is 66.9 Å². The van der Waals surface area contributed by atoms with Gasteiger partial charge in [0.05, 0.1) is 0 Å². The van der Waals surface area contributed by atoms with Crippen LogP contribution in [0.15, 0.2) is 42.6 Å². The lowest BCUT2D eigenvalue weighted by Gasteiger charge is -2.30. The number of pyridine rings is 1. The van der Waals surface area contributed by atoms with Gasteiger partial charge in [-0.2, -0.15) is 0 Å². The van der Waals surface area contributed by atoms with E-state index in [4.69, 9.17) is 0 Å². The first-order valence-electron chi connectivity index (χ1n) is 9.92. The van der Waals surface area contributed by atoms with Gasteiger partial charge in [0.1, 0.15) is 5.69 Å². The van der Waals surface area contributed by atoms with Gasteiger partial charge in [-0.25, -0.2) is 0 Å². The lowest BCUT2D eigenvalue weighted by atomic mass is 9.86. The second-order valence-corrected chi connectivity index (χ2v) is 8.65. The molecule has 148 valence electrons. The molecule has 5 heteroatoms. The van der Waals surface area contributed by atoms with Gasteiger partial charge in [-0.15, -0.1) is 0 Å². The molecule has 0 spiro atoms. The molecular weight excluding hydrogens is 350 g/mol. The topological polar surface area (TPSA) is 62.3 Å². The molecule has 1 aliphatic heterocycles. The molecule has 0 unspecified atom stereocenters. The largest absolute Gasteiger partial charge is 0.339 e. The second-order valence-electron chi connectivity index (χ2n) is 8.65. The zero-order chi connectivity index (χ0) is 20.3. The van der Waals surface area contributed by atoms with Crippen LogP contribution in [0.4, 0.5) is 5.69 Å². The van der Waals surface area contributed by atoms with Crippen molar-refractivity contribution in [2.24, 2.45) is 5.92 Å². The Bertz CT molecular complexity index is 862. The first kappa shape index (κ1) is 20.1. The number of nitrogens with one attached hydrogen (secondary N) is 1. The minimum atomic E-state index is -0.307. The highest BCUT2D eigenvalue weighted by Crippen LogP contribution is 2.29. The maximum Gasteiger partial charge on any atom is 0.274 e. The summed E-state index contributed by atoms with van der Waals surface area (Å²) in [7, 11) is 0. The third kappa shape index (κ3) is 4.58. The van der Waals surface area contributed by atoms with Crippen molar-refractivity contribution >= 4 is 17.5 Å². The molecule has 1 fully saturated rings. The van der Waals surface area contributed by atoms with Crippen LogP contribution in [0.5, 0.6) is 0 Å². The number of aromatic nitrogens is 1. The fourth-order valence-electron chi connectivity index (χ4n) is 3.51. The Morgan fingerprint density at radius 2 is 1.79 bits per heavy atom. The van der Waals surface area contributed by atoms with E-state index >= 15 is 0 Å². The first-order valence-corrected chi connectivity index (χ1v) is 9.92. The van der Waals surface area contributed by atoms with Crippen LogP contribution in [0.25, 0.3) is 0 Å².